The summed E-state index contributed by atoms with van der Waals surface area (Å²) in [5, 5.41) is 2.75. The molecule has 0 fully saturated rings. The van der Waals surface area contributed by atoms with Gasteiger partial charge in [-0.05, 0) is 38.3 Å². The Bertz CT molecular complexity index is 648. The third kappa shape index (κ3) is 3.05. The number of para-hydroxylation sites is 1. The summed E-state index contributed by atoms with van der Waals surface area (Å²) in [5.74, 6) is 0.208. The van der Waals surface area contributed by atoms with Gasteiger partial charge in [-0.15, -0.1) is 11.3 Å². The lowest BCUT2D eigenvalue weighted by atomic mass is 9.93. The van der Waals surface area contributed by atoms with Gasteiger partial charge in [0.2, 0.25) is 5.91 Å². The number of nitrogens with zero attached hydrogens (tertiary/aromatic N) is 2. The summed E-state index contributed by atoms with van der Waals surface area (Å²) in [7, 11) is 0. The van der Waals surface area contributed by atoms with Crippen LogP contribution in [0, 0.1) is 12.8 Å². The maximum atomic E-state index is 13.0. The number of hydrogen-bond donors (Lipinski definition) is 0. The largest absolute Gasteiger partial charge is 0.274 e. The fraction of sp³-hybridized carbons (Fsp3) is 0.294. The molecule has 1 atom stereocenters. The molecule has 3 rings (SSSR count). The Hall–Kier alpha value is -1.94. The highest BCUT2D eigenvalue weighted by atomic mass is 32.1. The summed E-state index contributed by atoms with van der Waals surface area (Å²) >= 11 is 1.52. The predicted octanol–water partition coefficient (Wildman–Crippen LogP) is 4.47. The highest BCUT2D eigenvalue weighted by molar-refractivity contribution is 7.14. The second kappa shape index (κ2) is 6.22. The van der Waals surface area contributed by atoms with E-state index in [4.69, 9.17) is 0 Å². The topological polar surface area (TPSA) is 33.2 Å². The van der Waals surface area contributed by atoms with Crippen LogP contribution in [0.25, 0.3) is 0 Å². The van der Waals surface area contributed by atoms with Crippen LogP contribution in [0.15, 0.2) is 47.9 Å². The summed E-state index contributed by atoms with van der Waals surface area (Å²) < 4.78 is 0. The standard InChI is InChI=1S/C17H18N2OS/c1-13-12-21-17(18-13)19(15-10-6-3-7-11-15)16(20)14-8-4-2-5-9-14/h2-4,6-7,10-12,14H,5,8-9H2,1H3/t14-/m1/s1. The Morgan fingerprint density at radius 3 is 2.71 bits per heavy atom. The second-order valence-electron chi connectivity index (χ2n) is 5.26. The first-order chi connectivity index (χ1) is 10.3. The Balaban J connectivity index is 1.96. The smallest absolute Gasteiger partial charge is 0.236 e. The molecule has 2 aromatic rings. The van der Waals surface area contributed by atoms with Crippen molar-refractivity contribution in [1.29, 1.82) is 0 Å². The molecule has 0 saturated carbocycles. The maximum absolute atomic E-state index is 13.0. The van der Waals surface area contributed by atoms with Crippen LogP contribution < -0.4 is 4.90 Å². The molecule has 1 aliphatic rings. The summed E-state index contributed by atoms with van der Waals surface area (Å²) in [6.07, 6.45) is 7.00. The van der Waals surface area contributed by atoms with Gasteiger partial charge in [0, 0.05) is 11.3 Å². The Morgan fingerprint density at radius 2 is 2.10 bits per heavy atom. The van der Waals surface area contributed by atoms with E-state index in [1.807, 2.05) is 42.6 Å². The van der Waals surface area contributed by atoms with Gasteiger partial charge in [-0.3, -0.25) is 9.69 Å². The highest BCUT2D eigenvalue weighted by Crippen LogP contribution is 2.32. The van der Waals surface area contributed by atoms with Crippen LogP contribution in [0.2, 0.25) is 0 Å². The van der Waals surface area contributed by atoms with E-state index in [1.165, 1.54) is 11.3 Å². The first kappa shape index (κ1) is 14.0. The number of rotatable bonds is 3. The van der Waals surface area contributed by atoms with E-state index in [0.717, 1.165) is 35.8 Å². The molecule has 0 N–H and O–H groups in total. The molecule has 1 amide bonds. The molecule has 1 aromatic heterocycles. The van der Waals surface area contributed by atoms with Crippen molar-refractivity contribution in [2.45, 2.75) is 26.2 Å². The van der Waals surface area contributed by atoms with Crippen LogP contribution in [0.3, 0.4) is 0 Å². The van der Waals surface area contributed by atoms with Crippen LogP contribution in [0.4, 0.5) is 10.8 Å². The van der Waals surface area contributed by atoms with Gasteiger partial charge in [-0.1, -0.05) is 30.4 Å². The molecule has 0 bridgehead atoms. The average molecular weight is 298 g/mol. The van der Waals surface area contributed by atoms with Crippen molar-refractivity contribution in [2.75, 3.05) is 4.90 Å². The van der Waals surface area contributed by atoms with Crippen LogP contribution in [0.1, 0.15) is 25.0 Å². The minimum atomic E-state index is 0.0550. The summed E-state index contributed by atoms with van der Waals surface area (Å²) in [6, 6.07) is 9.80. The van der Waals surface area contributed by atoms with Crippen LogP contribution in [0.5, 0.6) is 0 Å². The van der Waals surface area contributed by atoms with E-state index in [-0.39, 0.29) is 11.8 Å². The number of aryl methyl sites for hydroxylation is 1. The number of anilines is 2. The molecule has 1 aromatic carbocycles. The van der Waals surface area contributed by atoms with E-state index < -0.39 is 0 Å². The highest BCUT2D eigenvalue weighted by Gasteiger charge is 2.28. The molecule has 0 saturated heterocycles. The van der Waals surface area contributed by atoms with E-state index in [1.54, 1.807) is 4.90 Å². The zero-order valence-corrected chi connectivity index (χ0v) is 12.8. The number of carbonyl (C=O) groups excluding carboxylic acids is 1. The van der Waals surface area contributed by atoms with Crippen molar-refractivity contribution in [2.24, 2.45) is 5.92 Å². The lowest BCUT2D eigenvalue weighted by molar-refractivity contribution is -0.121. The van der Waals surface area contributed by atoms with Gasteiger partial charge >= 0.3 is 0 Å². The molecule has 108 valence electrons. The van der Waals surface area contributed by atoms with Gasteiger partial charge < -0.3 is 0 Å². The lowest BCUT2D eigenvalue weighted by Crippen LogP contribution is -2.32. The Kier molecular flexibility index (Phi) is 4.15. The normalized spacial score (nSPS) is 17.7. The van der Waals surface area contributed by atoms with Gasteiger partial charge in [0.05, 0.1) is 11.4 Å². The van der Waals surface area contributed by atoms with Crippen molar-refractivity contribution in [3.8, 4) is 0 Å². The molecular formula is C17H18N2OS. The van der Waals surface area contributed by atoms with Gasteiger partial charge in [0.1, 0.15) is 0 Å². The van der Waals surface area contributed by atoms with Gasteiger partial charge in [-0.25, -0.2) is 4.98 Å². The fourth-order valence-electron chi connectivity index (χ4n) is 2.55. The maximum Gasteiger partial charge on any atom is 0.236 e. The van der Waals surface area contributed by atoms with E-state index >= 15 is 0 Å². The molecule has 1 aliphatic carbocycles. The second-order valence-corrected chi connectivity index (χ2v) is 6.10. The van der Waals surface area contributed by atoms with Gasteiger partial charge in [-0.2, -0.15) is 0 Å². The third-order valence-electron chi connectivity index (χ3n) is 3.65. The SMILES string of the molecule is Cc1csc(N(C(=O)[C@@H]2CC=CCC2)c2ccccc2)n1. The monoisotopic (exact) mass is 298 g/mol. The molecular weight excluding hydrogens is 280 g/mol. The minimum absolute atomic E-state index is 0.0550. The lowest BCUT2D eigenvalue weighted by Gasteiger charge is -2.26. The fourth-order valence-corrected chi connectivity index (χ4v) is 3.38. The first-order valence-electron chi connectivity index (χ1n) is 7.22. The zero-order valence-electron chi connectivity index (χ0n) is 12.0. The van der Waals surface area contributed by atoms with E-state index in [9.17, 15) is 4.79 Å². The number of amides is 1. The molecule has 21 heavy (non-hydrogen) atoms. The third-order valence-corrected chi connectivity index (χ3v) is 4.59. The number of hydrogen-bond acceptors (Lipinski definition) is 3. The molecule has 3 nitrogen and oxygen atoms in total. The van der Waals surface area contributed by atoms with Crippen LogP contribution in [-0.4, -0.2) is 10.9 Å². The predicted molar refractivity (Wildman–Crippen MR) is 86.9 cm³/mol. The summed E-state index contributed by atoms with van der Waals surface area (Å²) in [6.45, 7) is 1.96. The zero-order chi connectivity index (χ0) is 14.7. The number of aromatic nitrogens is 1. The average Bonchev–Trinajstić information content (AvgIpc) is 2.95. The van der Waals surface area contributed by atoms with Crippen molar-refractivity contribution in [3.63, 3.8) is 0 Å². The molecule has 0 spiro atoms. The minimum Gasteiger partial charge on any atom is -0.274 e. The number of allylic oxidation sites excluding steroid dienone is 2. The van der Waals surface area contributed by atoms with Gasteiger partial charge in [0.15, 0.2) is 5.13 Å². The van der Waals surface area contributed by atoms with Crippen LogP contribution >= 0.6 is 11.3 Å². The Labute approximate surface area is 128 Å². The quantitative estimate of drug-likeness (QED) is 0.783. The van der Waals surface area contributed by atoms with E-state index in [0.29, 0.717) is 0 Å². The van der Waals surface area contributed by atoms with Crippen LogP contribution in [-0.2, 0) is 4.79 Å². The van der Waals surface area contributed by atoms with Crippen molar-refractivity contribution in [1.82, 2.24) is 4.98 Å². The number of thiazole rings is 1. The molecule has 1 heterocycles. The summed E-state index contributed by atoms with van der Waals surface area (Å²) in [5.41, 5.74) is 1.85. The Morgan fingerprint density at radius 1 is 1.29 bits per heavy atom. The van der Waals surface area contributed by atoms with Crippen molar-refractivity contribution in [3.05, 3.63) is 53.6 Å². The molecule has 0 radical (unpaired) electrons. The van der Waals surface area contributed by atoms with Crippen molar-refractivity contribution >= 4 is 28.1 Å². The molecule has 0 unspecified atom stereocenters. The number of carbonyl (C=O) groups is 1. The van der Waals surface area contributed by atoms with Gasteiger partial charge in [0.25, 0.3) is 0 Å². The summed E-state index contributed by atoms with van der Waals surface area (Å²) in [4.78, 5) is 19.3. The first-order valence-corrected chi connectivity index (χ1v) is 8.10. The molecule has 0 aliphatic heterocycles. The molecule has 4 heteroatoms. The van der Waals surface area contributed by atoms with Crippen molar-refractivity contribution < 1.29 is 4.79 Å². The van der Waals surface area contributed by atoms with E-state index in [2.05, 4.69) is 17.1 Å². The number of benzene rings is 1.